The number of carbonyl (C=O) groups is 1. The smallest absolute Gasteiger partial charge is 0.246 e. The van der Waals surface area contributed by atoms with Crippen molar-refractivity contribution in [3.05, 3.63) is 42.1 Å². The SMILES string of the molecule is CN(C)C(=O)C=Cc1cc2ccccc2[nH]1. The number of aromatic amines is 1. The number of amides is 1. The van der Waals surface area contributed by atoms with Gasteiger partial charge in [-0.15, -0.1) is 0 Å². The van der Waals surface area contributed by atoms with E-state index >= 15 is 0 Å². The van der Waals surface area contributed by atoms with Crippen LogP contribution in [-0.4, -0.2) is 29.9 Å². The molecule has 0 aliphatic carbocycles. The van der Waals surface area contributed by atoms with E-state index < -0.39 is 0 Å². The number of benzene rings is 1. The van der Waals surface area contributed by atoms with Crippen LogP contribution in [-0.2, 0) is 4.79 Å². The monoisotopic (exact) mass is 214 g/mol. The highest BCUT2D eigenvalue weighted by Crippen LogP contribution is 2.15. The summed E-state index contributed by atoms with van der Waals surface area (Å²) >= 11 is 0. The fourth-order valence-electron chi connectivity index (χ4n) is 1.50. The van der Waals surface area contributed by atoms with Gasteiger partial charge in [0.05, 0.1) is 0 Å². The van der Waals surface area contributed by atoms with Gasteiger partial charge in [0, 0.05) is 31.4 Å². The predicted octanol–water partition coefficient (Wildman–Crippen LogP) is 2.27. The zero-order valence-corrected chi connectivity index (χ0v) is 9.40. The summed E-state index contributed by atoms with van der Waals surface area (Å²) in [6.45, 7) is 0. The Morgan fingerprint density at radius 3 is 2.75 bits per heavy atom. The minimum Gasteiger partial charge on any atom is -0.355 e. The number of rotatable bonds is 2. The van der Waals surface area contributed by atoms with E-state index in [0.717, 1.165) is 16.6 Å². The maximum absolute atomic E-state index is 11.4. The van der Waals surface area contributed by atoms with E-state index in [0.29, 0.717) is 0 Å². The summed E-state index contributed by atoms with van der Waals surface area (Å²) in [6, 6.07) is 10.1. The Kier molecular flexibility index (Phi) is 2.77. The van der Waals surface area contributed by atoms with Crippen molar-refractivity contribution in [1.29, 1.82) is 0 Å². The average Bonchev–Trinajstić information content (AvgIpc) is 2.68. The van der Waals surface area contributed by atoms with Crippen molar-refractivity contribution in [2.24, 2.45) is 0 Å². The van der Waals surface area contributed by atoms with Crippen molar-refractivity contribution >= 4 is 22.9 Å². The Morgan fingerprint density at radius 1 is 1.31 bits per heavy atom. The molecule has 0 aliphatic rings. The zero-order chi connectivity index (χ0) is 11.5. The Hall–Kier alpha value is -2.03. The standard InChI is InChI=1S/C13H14N2O/c1-15(2)13(16)8-7-11-9-10-5-3-4-6-12(10)14-11/h3-9,14H,1-2H3. The van der Waals surface area contributed by atoms with E-state index in [1.165, 1.54) is 0 Å². The third-order valence-electron chi connectivity index (χ3n) is 2.40. The average molecular weight is 214 g/mol. The minimum atomic E-state index is -0.0151. The lowest BCUT2D eigenvalue weighted by molar-refractivity contribution is -0.123. The number of nitrogens with one attached hydrogen (secondary N) is 1. The van der Waals surface area contributed by atoms with Gasteiger partial charge in [0.1, 0.15) is 0 Å². The molecule has 0 fully saturated rings. The van der Waals surface area contributed by atoms with Gasteiger partial charge in [-0.25, -0.2) is 0 Å². The van der Waals surface area contributed by atoms with Gasteiger partial charge in [-0.2, -0.15) is 0 Å². The topological polar surface area (TPSA) is 36.1 Å². The maximum Gasteiger partial charge on any atom is 0.246 e. The number of para-hydroxylation sites is 1. The molecule has 0 saturated carbocycles. The molecule has 3 heteroatoms. The number of carbonyl (C=O) groups excluding carboxylic acids is 1. The zero-order valence-electron chi connectivity index (χ0n) is 9.40. The summed E-state index contributed by atoms with van der Waals surface area (Å²) in [5.41, 5.74) is 2.02. The molecule has 3 nitrogen and oxygen atoms in total. The van der Waals surface area contributed by atoms with Crippen molar-refractivity contribution in [2.45, 2.75) is 0 Å². The van der Waals surface area contributed by atoms with Crippen molar-refractivity contribution in [2.75, 3.05) is 14.1 Å². The van der Waals surface area contributed by atoms with E-state index in [-0.39, 0.29) is 5.91 Å². The Labute approximate surface area is 94.4 Å². The highest BCUT2D eigenvalue weighted by atomic mass is 16.2. The van der Waals surface area contributed by atoms with Crippen molar-refractivity contribution in [3.8, 4) is 0 Å². The van der Waals surface area contributed by atoms with Gasteiger partial charge in [-0.3, -0.25) is 4.79 Å². The van der Waals surface area contributed by atoms with Gasteiger partial charge in [0.25, 0.3) is 0 Å². The van der Waals surface area contributed by atoms with Crippen LogP contribution < -0.4 is 0 Å². The molecule has 0 atom stereocenters. The second-order valence-electron chi connectivity index (χ2n) is 3.88. The first kappa shape index (κ1) is 10.5. The van der Waals surface area contributed by atoms with Gasteiger partial charge < -0.3 is 9.88 Å². The summed E-state index contributed by atoms with van der Waals surface area (Å²) in [6.07, 6.45) is 3.35. The lowest BCUT2D eigenvalue weighted by atomic mass is 10.2. The molecule has 16 heavy (non-hydrogen) atoms. The molecule has 82 valence electrons. The molecule has 1 aromatic carbocycles. The number of H-pyrrole nitrogens is 1. The molecule has 0 aliphatic heterocycles. The summed E-state index contributed by atoms with van der Waals surface area (Å²) in [5.74, 6) is -0.0151. The minimum absolute atomic E-state index is 0.0151. The summed E-state index contributed by atoms with van der Waals surface area (Å²) < 4.78 is 0. The molecule has 2 rings (SSSR count). The van der Waals surface area contributed by atoms with Crippen LogP contribution in [0.1, 0.15) is 5.69 Å². The maximum atomic E-state index is 11.4. The van der Waals surface area contributed by atoms with E-state index in [1.54, 1.807) is 31.1 Å². The fraction of sp³-hybridized carbons (Fsp3) is 0.154. The van der Waals surface area contributed by atoms with Gasteiger partial charge in [0.15, 0.2) is 0 Å². The number of aromatic nitrogens is 1. The van der Waals surface area contributed by atoms with Gasteiger partial charge in [0.2, 0.25) is 5.91 Å². The fourth-order valence-corrected chi connectivity index (χ4v) is 1.50. The Balaban J connectivity index is 2.25. The third-order valence-corrected chi connectivity index (χ3v) is 2.40. The first-order valence-corrected chi connectivity index (χ1v) is 5.14. The summed E-state index contributed by atoms with van der Waals surface area (Å²) in [4.78, 5) is 16.1. The molecular weight excluding hydrogens is 200 g/mol. The lowest BCUT2D eigenvalue weighted by Gasteiger charge is -2.04. The molecule has 2 aromatic rings. The molecule has 0 bridgehead atoms. The van der Waals surface area contributed by atoms with Crippen LogP contribution in [0.5, 0.6) is 0 Å². The van der Waals surface area contributed by atoms with Crippen LogP contribution >= 0.6 is 0 Å². The molecule has 1 heterocycles. The number of nitrogens with zero attached hydrogens (tertiary/aromatic N) is 1. The van der Waals surface area contributed by atoms with E-state index in [4.69, 9.17) is 0 Å². The first-order chi connectivity index (χ1) is 7.66. The van der Waals surface area contributed by atoms with Gasteiger partial charge in [-0.05, 0) is 23.6 Å². The number of likely N-dealkylation sites (N-methyl/N-ethyl adjacent to an activating group) is 1. The van der Waals surface area contributed by atoms with Crippen LogP contribution in [0.15, 0.2) is 36.4 Å². The van der Waals surface area contributed by atoms with E-state index in [2.05, 4.69) is 4.98 Å². The molecule has 0 spiro atoms. The van der Waals surface area contributed by atoms with Crippen molar-refractivity contribution in [1.82, 2.24) is 9.88 Å². The van der Waals surface area contributed by atoms with Crippen LogP contribution in [0.3, 0.4) is 0 Å². The predicted molar refractivity (Wildman–Crippen MR) is 66.0 cm³/mol. The second kappa shape index (κ2) is 4.23. The van der Waals surface area contributed by atoms with Gasteiger partial charge in [-0.1, -0.05) is 18.2 Å². The molecular formula is C13H14N2O. The van der Waals surface area contributed by atoms with Crippen LogP contribution in [0.4, 0.5) is 0 Å². The van der Waals surface area contributed by atoms with Crippen molar-refractivity contribution < 1.29 is 4.79 Å². The van der Waals surface area contributed by atoms with Crippen LogP contribution in [0.25, 0.3) is 17.0 Å². The second-order valence-corrected chi connectivity index (χ2v) is 3.88. The Bertz CT molecular complexity index is 505. The molecule has 0 unspecified atom stereocenters. The molecule has 1 aromatic heterocycles. The highest BCUT2D eigenvalue weighted by molar-refractivity contribution is 5.92. The molecule has 1 N–H and O–H groups in total. The Morgan fingerprint density at radius 2 is 2.06 bits per heavy atom. The molecule has 0 saturated heterocycles. The number of fused-ring (bicyclic) bond motifs is 1. The summed E-state index contributed by atoms with van der Waals surface area (Å²) in [5, 5.41) is 1.15. The quantitative estimate of drug-likeness (QED) is 0.765. The van der Waals surface area contributed by atoms with Crippen LogP contribution in [0, 0.1) is 0 Å². The molecule has 1 amide bonds. The van der Waals surface area contributed by atoms with Crippen LogP contribution in [0.2, 0.25) is 0 Å². The van der Waals surface area contributed by atoms with E-state index in [1.807, 2.05) is 30.3 Å². The largest absolute Gasteiger partial charge is 0.355 e. The molecule has 0 radical (unpaired) electrons. The third kappa shape index (κ3) is 2.14. The number of hydrogen-bond donors (Lipinski definition) is 1. The van der Waals surface area contributed by atoms with Gasteiger partial charge >= 0.3 is 0 Å². The number of hydrogen-bond acceptors (Lipinski definition) is 1. The van der Waals surface area contributed by atoms with Crippen molar-refractivity contribution in [3.63, 3.8) is 0 Å². The van der Waals surface area contributed by atoms with E-state index in [9.17, 15) is 4.79 Å². The lowest BCUT2D eigenvalue weighted by Crippen LogP contribution is -2.18. The summed E-state index contributed by atoms with van der Waals surface area (Å²) in [7, 11) is 3.47. The first-order valence-electron chi connectivity index (χ1n) is 5.14. The normalized spacial score (nSPS) is 11.1. The highest BCUT2D eigenvalue weighted by Gasteiger charge is 1.99.